The smallest absolute Gasteiger partial charge is 0.115 e. The maximum atomic E-state index is 10.1. The number of aromatic nitrogens is 1. The fourth-order valence-corrected chi connectivity index (χ4v) is 2.59. The van der Waals surface area contributed by atoms with Crippen LogP contribution >= 0.6 is 22.9 Å². The molecule has 1 atom stereocenters. The second-order valence-corrected chi connectivity index (χ2v) is 4.62. The quantitative estimate of drug-likeness (QED) is 0.873. The lowest BCUT2D eigenvalue weighted by molar-refractivity contribution is 0.223. The van der Waals surface area contributed by atoms with Crippen LogP contribution in [0.3, 0.4) is 0 Å². The molecule has 2 heterocycles. The summed E-state index contributed by atoms with van der Waals surface area (Å²) in [4.78, 5) is 4.77. The van der Waals surface area contributed by atoms with E-state index in [-0.39, 0.29) is 0 Å². The van der Waals surface area contributed by atoms with Gasteiger partial charge in [0.2, 0.25) is 0 Å². The van der Waals surface area contributed by atoms with Crippen molar-refractivity contribution in [2.24, 2.45) is 0 Å². The molecule has 2 aromatic rings. The molecular weight excluding hydrogens is 230 g/mol. The Balaban J connectivity index is 2.41. The average molecular weight is 240 g/mol. The maximum absolute atomic E-state index is 10.1. The largest absolute Gasteiger partial charge is 0.383 e. The summed E-state index contributed by atoms with van der Waals surface area (Å²) >= 11 is 7.43. The topological polar surface area (TPSA) is 33.1 Å². The van der Waals surface area contributed by atoms with Crippen LogP contribution in [0.2, 0.25) is 5.02 Å². The molecule has 0 saturated carbocycles. The molecule has 2 rings (SSSR count). The first-order chi connectivity index (χ1) is 7.20. The molecule has 0 radical (unpaired) electrons. The van der Waals surface area contributed by atoms with Crippen LogP contribution in [-0.2, 0) is 0 Å². The van der Waals surface area contributed by atoms with Gasteiger partial charge in [0.1, 0.15) is 6.10 Å². The summed E-state index contributed by atoms with van der Waals surface area (Å²) in [6.45, 7) is 1.92. The number of hydrogen-bond acceptors (Lipinski definition) is 3. The van der Waals surface area contributed by atoms with Crippen molar-refractivity contribution in [2.75, 3.05) is 0 Å². The molecule has 0 spiro atoms. The Labute approximate surface area is 97.2 Å². The molecule has 2 aromatic heterocycles. The molecule has 0 amide bonds. The first-order valence-electron chi connectivity index (χ1n) is 4.51. The fraction of sp³-hybridized carbons (Fsp3) is 0.182. The Bertz CT molecular complexity index is 469. The van der Waals surface area contributed by atoms with Crippen LogP contribution in [0.4, 0.5) is 0 Å². The SMILES string of the molecule is Cc1cnccc1C(O)c1sccc1Cl. The number of aliphatic hydroxyl groups is 1. The lowest BCUT2D eigenvalue weighted by atomic mass is 10.1. The predicted octanol–water partition coefficient (Wildman–Crippen LogP) is 3.19. The summed E-state index contributed by atoms with van der Waals surface area (Å²) in [5.41, 5.74) is 1.82. The summed E-state index contributed by atoms with van der Waals surface area (Å²) in [6.07, 6.45) is 2.76. The first-order valence-corrected chi connectivity index (χ1v) is 5.77. The second-order valence-electron chi connectivity index (χ2n) is 3.27. The van der Waals surface area contributed by atoms with Crippen molar-refractivity contribution in [2.45, 2.75) is 13.0 Å². The molecule has 0 aliphatic carbocycles. The second kappa shape index (κ2) is 4.31. The summed E-state index contributed by atoms with van der Waals surface area (Å²) in [7, 11) is 0. The van der Waals surface area contributed by atoms with Gasteiger partial charge in [-0.05, 0) is 35.6 Å². The predicted molar refractivity (Wildman–Crippen MR) is 62.4 cm³/mol. The average Bonchev–Trinajstić information content (AvgIpc) is 2.64. The summed E-state index contributed by atoms with van der Waals surface area (Å²) in [5.74, 6) is 0. The number of rotatable bonds is 2. The Kier molecular flexibility index (Phi) is 3.05. The van der Waals surface area contributed by atoms with Gasteiger partial charge < -0.3 is 5.11 Å². The zero-order chi connectivity index (χ0) is 10.8. The van der Waals surface area contributed by atoms with Gasteiger partial charge in [-0.3, -0.25) is 4.98 Å². The third kappa shape index (κ3) is 2.04. The van der Waals surface area contributed by atoms with Crippen LogP contribution in [0, 0.1) is 6.92 Å². The highest BCUT2D eigenvalue weighted by Gasteiger charge is 2.16. The molecule has 1 unspecified atom stereocenters. The lowest BCUT2D eigenvalue weighted by Gasteiger charge is -2.11. The Morgan fingerprint density at radius 3 is 2.87 bits per heavy atom. The van der Waals surface area contributed by atoms with E-state index in [1.54, 1.807) is 18.5 Å². The first kappa shape index (κ1) is 10.6. The third-order valence-corrected chi connectivity index (χ3v) is 3.66. The number of aliphatic hydroxyl groups excluding tert-OH is 1. The number of hydrogen-bond donors (Lipinski definition) is 1. The molecule has 78 valence electrons. The Morgan fingerprint density at radius 2 is 2.27 bits per heavy atom. The van der Waals surface area contributed by atoms with Crippen molar-refractivity contribution in [1.29, 1.82) is 0 Å². The van der Waals surface area contributed by atoms with Crippen LogP contribution in [-0.4, -0.2) is 10.1 Å². The van der Waals surface area contributed by atoms with Crippen molar-refractivity contribution in [1.82, 2.24) is 4.98 Å². The number of pyridine rings is 1. The van der Waals surface area contributed by atoms with Gasteiger partial charge >= 0.3 is 0 Å². The minimum absolute atomic E-state index is 0.615. The zero-order valence-electron chi connectivity index (χ0n) is 8.14. The van der Waals surface area contributed by atoms with Gasteiger partial charge in [0.05, 0.1) is 9.90 Å². The third-order valence-electron chi connectivity index (χ3n) is 2.25. The van der Waals surface area contributed by atoms with Gasteiger partial charge in [0, 0.05) is 12.4 Å². The van der Waals surface area contributed by atoms with Crippen LogP contribution in [0.5, 0.6) is 0 Å². The zero-order valence-corrected chi connectivity index (χ0v) is 9.72. The number of thiophene rings is 1. The van der Waals surface area contributed by atoms with Crippen LogP contribution in [0.15, 0.2) is 29.9 Å². The van der Waals surface area contributed by atoms with Gasteiger partial charge in [-0.1, -0.05) is 11.6 Å². The van der Waals surface area contributed by atoms with E-state index in [1.165, 1.54) is 11.3 Å². The highest BCUT2D eigenvalue weighted by atomic mass is 35.5. The molecule has 0 aliphatic rings. The van der Waals surface area contributed by atoms with E-state index in [4.69, 9.17) is 11.6 Å². The Morgan fingerprint density at radius 1 is 1.47 bits per heavy atom. The lowest BCUT2D eigenvalue weighted by Crippen LogP contribution is -2.00. The summed E-state index contributed by atoms with van der Waals surface area (Å²) in [6, 6.07) is 3.61. The minimum Gasteiger partial charge on any atom is -0.383 e. The van der Waals surface area contributed by atoms with Crippen molar-refractivity contribution < 1.29 is 5.11 Å². The summed E-state index contributed by atoms with van der Waals surface area (Å²) in [5, 5.41) is 12.6. The van der Waals surface area contributed by atoms with E-state index >= 15 is 0 Å². The van der Waals surface area contributed by atoms with E-state index in [0.717, 1.165) is 16.0 Å². The molecule has 0 aromatic carbocycles. The highest BCUT2D eigenvalue weighted by molar-refractivity contribution is 7.10. The van der Waals surface area contributed by atoms with Crippen molar-refractivity contribution in [3.05, 3.63) is 50.9 Å². The van der Waals surface area contributed by atoms with Gasteiger partial charge in [0.15, 0.2) is 0 Å². The van der Waals surface area contributed by atoms with E-state index in [2.05, 4.69) is 4.98 Å². The maximum Gasteiger partial charge on any atom is 0.115 e. The molecule has 2 nitrogen and oxygen atoms in total. The monoisotopic (exact) mass is 239 g/mol. The van der Waals surface area contributed by atoms with Crippen LogP contribution in [0.1, 0.15) is 22.1 Å². The molecule has 1 N–H and O–H groups in total. The molecule has 4 heteroatoms. The molecular formula is C11H10ClNOS. The highest BCUT2D eigenvalue weighted by Crippen LogP contribution is 2.33. The number of aryl methyl sites for hydroxylation is 1. The molecule has 0 saturated heterocycles. The van der Waals surface area contributed by atoms with E-state index in [0.29, 0.717) is 5.02 Å². The standard InChI is InChI=1S/C11H10ClNOS/c1-7-6-13-4-2-8(7)10(14)11-9(12)3-5-15-11/h2-6,10,14H,1H3. The molecule has 0 aliphatic heterocycles. The fourth-order valence-electron chi connectivity index (χ4n) is 1.43. The van der Waals surface area contributed by atoms with Crippen LogP contribution in [0.25, 0.3) is 0 Å². The van der Waals surface area contributed by atoms with Crippen molar-refractivity contribution in [3.63, 3.8) is 0 Å². The number of halogens is 1. The van der Waals surface area contributed by atoms with Gasteiger partial charge in [-0.2, -0.15) is 0 Å². The summed E-state index contributed by atoms with van der Waals surface area (Å²) < 4.78 is 0. The van der Waals surface area contributed by atoms with E-state index in [9.17, 15) is 5.11 Å². The van der Waals surface area contributed by atoms with Crippen LogP contribution < -0.4 is 0 Å². The Hall–Kier alpha value is -0.900. The van der Waals surface area contributed by atoms with Gasteiger partial charge in [-0.25, -0.2) is 0 Å². The number of nitrogens with zero attached hydrogens (tertiary/aromatic N) is 1. The van der Waals surface area contributed by atoms with E-state index < -0.39 is 6.10 Å². The van der Waals surface area contributed by atoms with Crippen molar-refractivity contribution >= 4 is 22.9 Å². The minimum atomic E-state index is -0.652. The molecule has 0 fully saturated rings. The molecule has 0 bridgehead atoms. The van der Waals surface area contributed by atoms with Crippen molar-refractivity contribution in [3.8, 4) is 0 Å². The normalized spacial score (nSPS) is 12.7. The molecule has 15 heavy (non-hydrogen) atoms. The van der Waals surface area contributed by atoms with Gasteiger partial charge in [0.25, 0.3) is 0 Å². The van der Waals surface area contributed by atoms with Gasteiger partial charge in [-0.15, -0.1) is 11.3 Å². The van der Waals surface area contributed by atoms with E-state index in [1.807, 2.05) is 18.4 Å².